The van der Waals surface area contributed by atoms with Crippen molar-refractivity contribution in [2.75, 3.05) is 45.1 Å². The van der Waals surface area contributed by atoms with Gasteiger partial charge in [-0.25, -0.2) is 4.79 Å². The summed E-state index contributed by atoms with van der Waals surface area (Å²) in [7, 11) is 2.17. The average Bonchev–Trinajstić information content (AvgIpc) is 3.07. The molecule has 2 amide bonds. The Labute approximate surface area is 148 Å². The fourth-order valence-electron chi connectivity index (χ4n) is 4.09. The van der Waals surface area contributed by atoms with Crippen molar-refractivity contribution in [3.63, 3.8) is 0 Å². The minimum absolute atomic E-state index is 0.0988. The molecule has 2 N–H and O–H groups in total. The molecule has 4 heterocycles. The summed E-state index contributed by atoms with van der Waals surface area (Å²) in [6.07, 6.45) is 4.47. The zero-order valence-corrected chi connectivity index (χ0v) is 15.2. The summed E-state index contributed by atoms with van der Waals surface area (Å²) in [5.41, 5.74) is 0.869. The number of amides is 2. The van der Waals surface area contributed by atoms with Crippen LogP contribution in [0.1, 0.15) is 12.8 Å². The predicted molar refractivity (Wildman–Crippen MR) is 101 cm³/mol. The number of carbonyl (C=O) groups excluding carboxylic acids is 1. The Bertz CT molecular complexity index is 547. The van der Waals surface area contributed by atoms with Crippen LogP contribution in [0.15, 0.2) is 29.5 Å². The summed E-state index contributed by atoms with van der Waals surface area (Å²) in [6, 6.07) is 2.30. The number of piperidine rings is 3. The van der Waals surface area contributed by atoms with Crippen molar-refractivity contribution in [2.45, 2.75) is 18.9 Å². The van der Waals surface area contributed by atoms with E-state index in [1.54, 1.807) is 11.3 Å². The lowest BCUT2D eigenvalue weighted by Crippen LogP contribution is -2.58. The second kappa shape index (κ2) is 8.14. The number of urea groups is 1. The Kier molecular flexibility index (Phi) is 5.92. The number of hydrogen-bond donors (Lipinski definition) is 2. The van der Waals surface area contributed by atoms with Gasteiger partial charge in [-0.15, -0.1) is 6.58 Å². The Balaban J connectivity index is 1.44. The van der Waals surface area contributed by atoms with Gasteiger partial charge in [0.1, 0.15) is 0 Å². The van der Waals surface area contributed by atoms with Crippen LogP contribution < -0.4 is 10.6 Å². The molecule has 0 saturated carbocycles. The van der Waals surface area contributed by atoms with Crippen molar-refractivity contribution >= 4 is 23.1 Å². The second-order valence-corrected chi connectivity index (χ2v) is 7.83. The maximum Gasteiger partial charge on any atom is 0.319 e. The van der Waals surface area contributed by atoms with E-state index < -0.39 is 0 Å². The fourth-order valence-corrected chi connectivity index (χ4v) is 4.67. The number of likely N-dealkylation sites (N-methyl/N-ethyl adjacent to an activating group) is 1. The number of rotatable bonds is 7. The summed E-state index contributed by atoms with van der Waals surface area (Å²) in [4.78, 5) is 16.9. The van der Waals surface area contributed by atoms with Crippen LogP contribution in [0.4, 0.5) is 10.5 Å². The van der Waals surface area contributed by atoms with Crippen LogP contribution >= 0.6 is 11.3 Å². The number of hydrogen-bond acceptors (Lipinski definition) is 4. The first-order chi connectivity index (χ1) is 11.7. The molecule has 0 radical (unpaired) electrons. The van der Waals surface area contributed by atoms with Gasteiger partial charge < -0.3 is 15.5 Å². The highest BCUT2D eigenvalue weighted by atomic mass is 32.1. The molecular formula is C18H28N4OS. The highest BCUT2D eigenvalue weighted by Gasteiger charge is 2.40. The average molecular weight is 349 g/mol. The van der Waals surface area contributed by atoms with Crippen molar-refractivity contribution < 1.29 is 4.79 Å². The predicted octanol–water partition coefficient (Wildman–Crippen LogP) is 2.70. The minimum Gasteiger partial charge on any atom is -0.336 e. The molecule has 4 unspecified atom stereocenters. The molecule has 4 rings (SSSR count). The molecule has 0 spiro atoms. The van der Waals surface area contributed by atoms with E-state index in [-0.39, 0.29) is 6.03 Å². The molecule has 1 aromatic heterocycles. The molecule has 3 fully saturated rings. The van der Waals surface area contributed by atoms with Crippen molar-refractivity contribution in [3.05, 3.63) is 29.5 Å². The van der Waals surface area contributed by atoms with E-state index in [1.807, 2.05) is 22.9 Å². The molecule has 0 aliphatic carbocycles. The first-order valence-corrected chi connectivity index (χ1v) is 9.70. The standard InChI is InChI=1S/C18H28N4OS/c1-3-6-21(2)11-15-12-22-7-4-14(15)9-17(22)10-19-18(23)20-16-5-8-24-13-16/h3,5,8,13-15,17H,1,4,6-7,9-12H2,2H3,(H2,19,20,23). The molecule has 0 aromatic carbocycles. The fraction of sp³-hybridized carbons (Fsp3) is 0.611. The van der Waals surface area contributed by atoms with Crippen LogP contribution in [0, 0.1) is 11.8 Å². The van der Waals surface area contributed by atoms with Gasteiger partial charge >= 0.3 is 6.03 Å². The van der Waals surface area contributed by atoms with Crippen LogP contribution in [0.5, 0.6) is 0 Å². The number of fused-ring (bicyclic) bond motifs is 3. The third-order valence-electron chi connectivity index (χ3n) is 5.28. The highest BCUT2D eigenvalue weighted by Crippen LogP contribution is 2.36. The quantitative estimate of drug-likeness (QED) is 0.745. The van der Waals surface area contributed by atoms with Crippen LogP contribution in [-0.2, 0) is 0 Å². The van der Waals surface area contributed by atoms with Crippen LogP contribution in [-0.4, -0.2) is 61.6 Å². The topological polar surface area (TPSA) is 47.6 Å². The molecule has 132 valence electrons. The summed E-state index contributed by atoms with van der Waals surface area (Å²) in [6.45, 7) is 8.99. The van der Waals surface area contributed by atoms with Crippen LogP contribution in [0.3, 0.4) is 0 Å². The molecular weight excluding hydrogens is 320 g/mol. The summed E-state index contributed by atoms with van der Waals surface area (Å²) in [5, 5.41) is 9.82. The number of anilines is 1. The van der Waals surface area contributed by atoms with Gasteiger partial charge in [-0.3, -0.25) is 4.90 Å². The highest BCUT2D eigenvalue weighted by molar-refractivity contribution is 7.08. The molecule has 4 atom stereocenters. The maximum absolute atomic E-state index is 12.0. The smallest absolute Gasteiger partial charge is 0.319 e. The van der Waals surface area contributed by atoms with Crippen molar-refractivity contribution in [1.82, 2.24) is 15.1 Å². The zero-order valence-electron chi connectivity index (χ0n) is 14.4. The molecule has 24 heavy (non-hydrogen) atoms. The van der Waals surface area contributed by atoms with E-state index in [4.69, 9.17) is 0 Å². The van der Waals surface area contributed by atoms with E-state index in [0.717, 1.165) is 43.7 Å². The number of thiophene rings is 1. The lowest BCUT2D eigenvalue weighted by Gasteiger charge is -2.50. The summed E-state index contributed by atoms with van der Waals surface area (Å²) < 4.78 is 0. The van der Waals surface area contributed by atoms with Crippen molar-refractivity contribution in [2.24, 2.45) is 11.8 Å². The van der Waals surface area contributed by atoms with E-state index >= 15 is 0 Å². The maximum atomic E-state index is 12.0. The van der Waals surface area contributed by atoms with E-state index in [0.29, 0.717) is 6.04 Å². The number of nitrogens with zero attached hydrogens (tertiary/aromatic N) is 2. The Hall–Kier alpha value is -1.37. The van der Waals surface area contributed by atoms with E-state index in [2.05, 4.69) is 34.1 Å². The van der Waals surface area contributed by atoms with Crippen molar-refractivity contribution in [3.8, 4) is 0 Å². The first-order valence-electron chi connectivity index (χ1n) is 8.76. The summed E-state index contributed by atoms with van der Waals surface area (Å²) >= 11 is 1.59. The lowest BCUT2D eigenvalue weighted by atomic mass is 9.75. The van der Waals surface area contributed by atoms with Gasteiger partial charge in [0.2, 0.25) is 0 Å². The van der Waals surface area contributed by atoms with Gasteiger partial charge in [0.25, 0.3) is 0 Å². The molecule has 2 bridgehead atoms. The van der Waals surface area contributed by atoms with Gasteiger partial charge in [-0.2, -0.15) is 11.3 Å². The third-order valence-corrected chi connectivity index (χ3v) is 5.96. The Morgan fingerprint density at radius 1 is 1.58 bits per heavy atom. The zero-order chi connectivity index (χ0) is 16.9. The monoisotopic (exact) mass is 348 g/mol. The summed E-state index contributed by atoms with van der Waals surface area (Å²) in [5.74, 6) is 1.54. The first kappa shape index (κ1) is 17.5. The molecule has 3 saturated heterocycles. The molecule has 6 heteroatoms. The Morgan fingerprint density at radius 2 is 2.46 bits per heavy atom. The molecule has 1 aromatic rings. The lowest BCUT2D eigenvalue weighted by molar-refractivity contribution is -0.00709. The van der Waals surface area contributed by atoms with Crippen LogP contribution in [0.25, 0.3) is 0 Å². The molecule has 3 aliphatic heterocycles. The number of carbonyl (C=O) groups is 1. The minimum atomic E-state index is -0.0988. The van der Waals surface area contributed by atoms with Crippen LogP contribution in [0.2, 0.25) is 0 Å². The van der Waals surface area contributed by atoms with Gasteiger partial charge in [-0.1, -0.05) is 6.08 Å². The molecule has 5 nitrogen and oxygen atoms in total. The van der Waals surface area contributed by atoms with Gasteiger partial charge in [0.15, 0.2) is 0 Å². The van der Waals surface area contributed by atoms with Gasteiger partial charge in [0.05, 0.1) is 5.69 Å². The van der Waals surface area contributed by atoms with Gasteiger partial charge in [0, 0.05) is 37.6 Å². The van der Waals surface area contributed by atoms with Gasteiger partial charge in [-0.05, 0) is 49.7 Å². The van der Waals surface area contributed by atoms with Crippen molar-refractivity contribution in [1.29, 1.82) is 0 Å². The second-order valence-electron chi connectivity index (χ2n) is 7.05. The van der Waals surface area contributed by atoms with E-state index in [9.17, 15) is 4.79 Å². The SMILES string of the molecule is C=CCN(C)CC1CN2CCC1CC2CNC(=O)Nc1ccsc1. The third kappa shape index (κ3) is 4.37. The molecule has 3 aliphatic rings. The number of nitrogens with one attached hydrogen (secondary N) is 2. The van der Waals surface area contributed by atoms with E-state index in [1.165, 1.54) is 19.4 Å². The Morgan fingerprint density at radius 3 is 3.12 bits per heavy atom. The normalized spacial score (nSPS) is 28.8. The largest absolute Gasteiger partial charge is 0.336 e.